The Hall–Kier alpha value is -2.08. The molecule has 0 atom stereocenters. The van der Waals surface area contributed by atoms with Gasteiger partial charge in [-0.25, -0.2) is 14.4 Å². The lowest BCUT2D eigenvalue weighted by molar-refractivity contribution is 0.628. The lowest BCUT2D eigenvalue weighted by Crippen LogP contribution is -2.15. The number of rotatable bonds is 3. The third kappa shape index (κ3) is 2.60. The highest BCUT2D eigenvalue weighted by Crippen LogP contribution is 2.21. The number of benzene rings is 1. The summed E-state index contributed by atoms with van der Waals surface area (Å²) in [6.07, 6.45) is 3.03. The summed E-state index contributed by atoms with van der Waals surface area (Å²) in [5.41, 5.74) is 6.58. The zero-order valence-corrected chi connectivity index (χ0v) is 10.5. The number of nitrogens with two attached hydrogens (primary N) is 1. The van der Waals surface area contributed by atoms with Crippen LogP contribution in [0, 0.1) is 5.82 Å². The van der Waals surface area contributed by atoms with Crippen molar-refractivity contribution < 1.29 is 4.39 Å². The van der Waals surface area contributed by atoms with E-state index in [4.69, 9.17) is 18.0 Å². The second-order valence-corrected chi connectivity index (χ2v) is 4.10. The van der Waals surface area contributed by atoms with E-state index in [1.54, 1.807) is 30.3 Å². The lowest BCUT2D eigenvalue weighted by Gasteiger charge is -2.17. The summed E-state index contributed by atoms with van der Waals surface area (Å²) in [5, 5.41) is 0. The van der Waals surface area contributed by atoms with Crippen LogP contribution in [-0.2, 0) is 0 Å². The molecule has 0 aliphatic carbocycles. The molecule has 0 bridgehead atoms. The van der Waals surface area contributed by atoms with Crippen molar-refractivity contribution in [1.82, 2.24) is 9.97 Å². The van der Waals surface area contributed by atoms with E-state index in [9.17, 15) is 4.39 Å². The summed E-state index contributed by atoms with van der Waals surface area (Å²) in [7, 11) is 1.78. The summed E-state index contributed by atoms with van der Waals surface area (Å²) in [5.74, 6) is 0.285. The molecule has 0 fully saturated rings. The fourth-order valence-corrected chi connectivity index (χ4v) is 1.54. The standard InChI is InChI=1S/C12H11FN4S/c1-17(9-4-2-3-8(13)5-9)11-7-15-10(6-16-11)12(14)18/h2-7H,1H3,(H2,14,18). The van der Waals surface area contributed by atoms with Gasteiger partial charge in [-0.2, -0.15) is 0 Å². The van der Waals surface area contributed by atoms with Crippen molar-refractivity contribution in [3.63, 3.8) is 0 Å². The highest BCUT2D eigenvalue weighted by molar-refractivity contribution is 7.80. The van der Waals surface area contributed by atoms with E-state index >= 15 is 0 Å². The van der Waals surface area contributed by atoms with E-state index in [1.165, 1.54) is 18.3 Å². The SMILES string of the molecule is CN(c1cccc(F)c1)c1cnc(C(N)=S)cn1. The Morgan fingerprint density at radius 1 is 1.33 bits per heavy atom. The Bertz CT molecular complexity index is 571. The average Bonchev–Trinajstić information content (AvgIpc) is 2.38. The number of hydrogen-bond donors (Lipinski definition) is 1. The average molecular weight is 262 g/mol. The fraction of sp³-hybridized carbons (Fsp3) is 0.0833. The molecule has 1 aromatic heterocycles. The number of anilines is 2. The van der Waals surface area contributed by atoms with Gasteiger partial charge in [0.2, 0.25) is 0 Å². The maximum atomic E-state index is 13.1. The molecule has 0 spiro atoms. The van der Waals surface area contributed by atoms with Gasteiger partial charge in [-0.3, -0.25) is 0 Å². The smallest absolute Gasteiger partial charge is 0.151 e. The molecule has 0 aliphatic heterocycles. The van der Waals surface area contributed by atoms with Gasteiger partial charge in [0.1, 0.15) is 16.5 Å². The van der Waals surface area contributed by atoms with E-state index < -0.39 is 0 Å². The first-order valence-corrected chi connectivity index (χ1v) is 5.60. The summed E-state index contributed by atoms with van der Waals surface area (Å²) in [6, 6.07) is 6.23. The highest BCUT2D eigenvalue weighted by Gasteiger charge is 2.07. The summed E-state index contributed by atoms with van der Waals surface area (Å²) < 4.78 is 13.1. The van der Waals surface area contributed by atoms with Crippen molar-refractivity contribution in [1.29, 1.82) is 0 Å². The van der Waals surface area contributed by atoms with Gasteiger partial charge in [0.15, 0.2) is 5.82 Å². The molecule has 2 aromatic rings. The van der Waals surface area contributed by atoms with Crippen LogP contribution in [0.1, 0.15) is 5.69 Å². The zero-order chi connectivity index (χ0) is 13.1. The Morgan fingerprint density at radius 2 is 2.11 bits per heavy atom. The number of aromatic nitrogens is 2. The molecular formula is C12H11FN4S. The van der Waals surface area contributed by atoms with Gasteiger partial charge in [-0.1, -0.05) is 18.3 Å². The molecule has 0 radical (unpaired) electrons. The maximum Gasteiger partial charge on any atom is 0.151 e. The molecule has 1 aromatic carbocycles. The van der Waals surface area contributed by atoms with Crippen molar-refractivity contribution in [3.05, 3.63) is 48.2 Å². The van der Waals surface area contributed by atoms with Crippen LogP contribution < -0.4 is 10.6 Å². The van der Waals surface area contributed by atoms with Gasteiger partial charge >= 0.3 is 0 Å². The van der Waals surface area contributed by atoms with Crippen molar-refractivity contribution in [2.24, 2.45) is 5.73 Å². The zero-order valence-electron chi connectivity index (χ0n) is 9.67. The molecule has 2 N–H and O–H groups in total. The maximum absolute atomic E-state index is 13.1. The molecule has 0 saturated heterocycles. The first kappa shape index (κ1) is 12.4. The largest absolute Gasteiger partial charge is 0.388 e. The quantitative estimate of drug-likeness (QED) is 0.858. The molecule has 6 heteroatoms. The number of halogens is 1. The van der Waals surface area contributed by atoms with Crippen LogP contribution in [0.2, 0.25) is 0 Å². The van der Waals surface area contributed by atoms with Crippen molar-refractivity contribution in [2.45, 2.75) is 0 Å². The minimum absolute atomic E-state index is 0.197. The summed E-state index contributed by atoms with van der Waals surface area (Å²) in [6.45, 7) is 0. The lowest BCUT2D eigenvalue weighted by atomic mass is 10.3. The molecule has 18 heavy (non-hydrogen) atoms. The predicted octanol–water partition coefficient (Wildman–Crippen LogP) is 2.02. The molecule has 0 amide bonds. The van der Waals surface area contributed by atoms with Gasteiger partial charge in [0, 0.05) is 12.7 Å². The highest BCUT2D eigenvalue weighted by atomic mass is 32.1. The number of nitrogens with zero attached hydrogens (tertiary/aromatic N) is 3. The number of hydrogen-bond acceptors (Lipinski definition) is 4. The molecule has 0 saturated carbocycles. The molecule has 4 nitrogen and oxygen atoms in total. The van der Waals surface area contributed by atoms with Crippen LogP contribution in [0.4, 0.5) is 15.9 Å². The number of thiocarbonyl (C=S) groups is 1. The molecule has 0 aliphatic rings. The normalized spacial score (nSPS) is 10.1. The van der Waals surface area contributed by atoms with Crippen LogP contribution in [0.3, 0.4) is 0 Å². The van der Waals surface area contributed by atoms with Gasteiger partial charge in [-0.15, -0.1) is 0 Å². The minimum atomic E-state index is -0.299. The van der Waals surface area contributed by atoms with E-state index in [0.717, 1.165) is 0 Å². The third-order valence-corrected chi connectivity index (χ3v) is 2.64. The Kier molecular flexibility index (Phi) is 3.47. The van der Waals surface area contributed by atoms with Crippen molar-refractivity contribution in [2.75, 3.05) is 11.9 Å². The minimum Gasteiger partial charge on any atom is -0.388 e. The molecule has 92 valence electrons. The molecular weight excluding hydrogens is 251 g/mol. The second-order valence-electron chi connectivity index (χ2n) is 3.66. The van der Waals surface area contributed by atoms with E-state index in [1.807, 2.05) is 0 Å². The van der Waals surface area contributed by atoms with Gasteiger partial charge < -0.3 is 10.6 Å². The summed E-state index contributed by atoms with van der Waals surface area (Å²) in [4.78, 5) is 10.2. The van der Waals surface area contributed by atoms with Gasteiger partial charge in [0.05, 0.1) is 12.4 Å². The Balaban J connectivity index is 2.28. The monoisotopic (exact) mass is 262 g/mol. The van der Waals surface area contributed by atoms with Gasteiger partial charge in [0.25, 0.3) is 0 Å². The topological polar surface area (TPSA) is 55.0 Å². The second kappa shape index (κ2) is 5.05. The van der Waals surface area contributed by atoms with Crippen LogP contribution in [0.15, 0.2) is 36.7 Å². The molecule has 0 unspecified atom stereocenters. The summed E-state index contributed by atoms with van der Waals surface area (Å²) >= 11 is 4.79. The Labute approximate surface area is 109 Å². The molecule has 2 rings (SSSR count). The first-order chi connectivity index (χ1) is 8.58. The van der Waals surface area contributed by atoms with Crippen LogP contribution in [0.5, 0.6) is 0 Å². The Morgan fingerprint density at radius 3 is 2.67 bits per heavy atom. The first-order valence-electron chi connectivity index (χ1n) is 5.19. The fourth-order valence-electron chi connectivity index (χ4n) is 1.44. The van der Waals surface area contributed by atoms with Crippen LogP contribution in [0.25, 0.3) is 0 Å². The van der Waals surface area contributed by atoms with E-state index in [-0.39, 0.29) is 10.8 Å². The van der Waals surface area contributed by atoms with Gasteiger partial charge in [-0.05, 0) is 18.2 Å². The van der Waals surface area contributed by atoms with E-state index in [2.05, 4.69) is 9.97 Å². The predicted molar refractivity (Wildman–Crippen MR) is 72.4 cm³/mol. The van der Waals surface area contributed by atoms with Crippen molar-refractivity contribution in [3.8, 4) is 0 Å². The third-order valence-electron chi connectivity index (χ3n) is 2.43. The molecule has 1 heterocycles. The van der Waals surface area contributed by atoms with E-state index in [0.29, 0.717) is 17.2 Å². The van der Waals surface area contributed by atoms with Crippen LogP contribution in [-0.4, -0.2) is 22.0 Å². The van der Waals surface area contributed by atoms with Crippen molar-refractivity contribution >= 4 is 28.7 Å². The van der Waals surface area contributed by atoms with Crippen LogP contribution >= 0.6 is 12.2 Å².